The molecule has 0 N–H and O–H groups in total. The SMILES string of the molecule is Cc1cc(C)n(-c2ccc(C(=O)N(C)C3CCN(C)CC3)cc2)n1. The first kappa shape index (κ1) is 16.7. The second-order valence-electron chi connectivity index (χ2n) is 6.84. The predicted molar refractivity (Wildman–Crippen MR) is 95.7 cm³/mol. The zero-order chi connectivity index (χ0) is 17.3. The summed E-state index contributed by atoms with van der Waals surface area (Å²) in [6.07, 6.45) is 2.09. The zero-order valence-electron chi connectivity index (χ0n) is 15.0. The van der Waals surface area contributed by atoms with Gasteiger partial charge in [-0.3, -0.25) is 4.79 Å². The van der Waals surface area contributed by atoms with E-state index in [9.17, 15) is 4.79 Å². The molecule has 2 aromatic rings. The van der Waals surface area contributed by atoms with E-state index in [0.717, 1.165) is 48.6 Å². The van der Waals surface area contributed by atoms with Crippen LogP contribution in [-0.4, -0.2) is 58.7 Å². The third-order valence-corrected chi connectivity index (χ3v) is 4.92. The van der Waals surface area contributed by atoms with Crippen LogP contribution >= 0.6 is 0 Å². The van der Waals surface area contributed by atoms with Crippen molar-refractivity contribution in [2.45, 2.75) is 32.7 Å². The van der Waals surface area contributed by atoms with Crippen molar-refractivity contribution in [1.82, 2.24) is 19.6 Å². The van der Waals surface area contributed by atoms with Crippen LogP contribution in [0.25, 0.3) is 5.69 Å². The van der Waals surface area contributed by atoms with Gasteiger partial charge in [0.2, 0.25) is 0 Å². The van der Waals surface area contributed by atoms with Crippen molar-refractivity contribution in [3.05, 3.63) is 47.3 Å². The van der Waals surface area contributed by atoms with Gasteiger partial charge in [0.15, 0.2) is 0 Å². The first-order valence-electron chi connectivity index (χ1n) is 8.55. The number of carbonyl (C=O) groups excluding carboxylic acids is 1. The molecule has 1 saturated heterocycles. The molecule has 0 aliphatic carbocycles. The monoisotopic (exact) mass is 326 g/mol. The number of piperidine rings is 1. The van der Waals surface area contributed by atoms with Crippen molar-refractivity contribution in [1.29, 1.82) is 0 Å². The van der Waals surface area contributed by atoms with Crippen molar-refractivity contribution in [3.8, 4) is 5.69 Å². The Balaban J connectivity index is 1.73. The molecule has 1 aromatic heterocycles. The van der Waals surface area contributed by atoms with Gasteiger partial charge in [0.1, 0.15) is 0 Å². The van der Waals surface area contributed by atoms with Gasteiger partial charge >= 0.3 is 0 Å². The van der Waals surface area contributed by atoms with Crippen molar-refractivity contribution in [2.24, 2.45) is 0 Å². The van der Waals surface area contributed by atoms with E-state index in [-0.39, 0.29) is 5.91 Å². The van der Waals surface area contributed by atoms with Gasteiger partial charge in [-0.2, -0.15) is 5.10 Å². The molecule has 1 amide bonds. The Labute approximate surface area is 143 Å². The fourth-order valence-electron chi connectivity index (χ4n) is 3.39. The highest BCUT2D eigenvalue weighted by molar-refractivity contribution is 5.94. The quantitative estimate of drug-likeness (QED) is 0.871. The van der Waals surface area contributed by atoms with E-state index in [1.807, 2.05) is 60.8 Å². The lowest BCUT2D eigenvalue weighted by Gasteiger charge is -2.35. The first-order chi connectivity index (χ1) is 11.5. The highest BCUT2D eigenvalue weighted by Crippen LogP contribution is 2.18. The molecule has 5 heteroatoms. The number of nitrogens with zero attached hydrogens (tertiary/aromatic N) is 4. The Kier molecular flexibility index (Phi) is 4.71. The normalized spacial score (nSPS) is 16.3. The number of rotatable bonds is 3. The largest absolute Gasteiger partial charge is 0.339 e. The summed E-state index contributed by atoms with van der Waals surface area (Å²) in [5.41, 5.74) is 3.81. The van der Waals surface area contributed by atoms with E-state index in [2.05, 4.69) is 17.0 Å². The standard InChI is InChI=1S/C19H26N4O/c1-14-13-15(2)23(20-14)18-7-5-16(6-8-18)19(24)22(4)17-9-11-21(3)12-10-17/h5-8,13,17H,9-12H2,1-4H3. The van der Waals surface area contributed by atoms with Crippen LogP contribution < -0.4 is 0 Å². The minimum atomic E-state index is 0.101. The summed E-state index contributed by atoms with van der Waals surface area (Å²) in [7, 11) is 4.06. The molecule has 1 aliphatic heterocycles. The molecule has 0 saturated carbocycles. The third-order valence-electron chi connectivity index (χ3n) is 4.92. The van der Waals surface area contributed by atoms with Gasteiger partial charge in [-0.05, 0) is 77.2 Å². The number of hydrogen-bond acceptors (Lipinski definition) is 3. The minimum Gasteiger partial charge on any atom is -0.339 e. The summed E-state index contributed by atoms with van der Waals surface area (Å²) in [5.74, 6) is 0.101. The Hall–Kier alpha value is -2.14. The van der Waals surface area contributed by atoms with Crippen molar-refractivity contribution in [3.63, 3.8) is 0 Å². The maximum atomic E-state index is 12.7. The lowest BCUT2D eigenvalue weighted by molar-refractivity contribution is 0.0659. The minimum absolute atomic E-state index is 0.101. The first-order valence-corrected chi connectivity index (χ1v) is 8.55. The third kappa shape index (κ3) is 3.36. The topological polar surface area (TPSA) is 41.4 Å². The van der Waals surface area contributed by atoms with Crippen LogP contribution in [0.2, 0.25) is 0 Å². The molecule has 1 aromatic carbocycles. The number of amides is 1. The smallest absolute Gasteiger partial charge is 0.253 e. The van der Waals surface area contributed by atoms with E-state index in [4.69, 9.17) is 0 Å². The van der Waals surface area contributed by atoms with Crippen LogP contribution in [0, 0.1) is 13.8 Å². The van der Waals surface area contributed by atoms with Crippen molar-refractivity contribution < 1.29 is 4.79 Å². The average molecular weight is 326 g/mol. The maximum Gasteiger partial charge on any atom is 0.253 e. The van der Waals surface area contributed by atoms with Crippen LogP contribution in [0.1, 0.15) is 34.6 Å². The van der Waals surface area contributed by atoms with Crippen LogP contribution in [0.3, 0.4) is 0 Å². The van der Waals surface area contributed by atoms with E-state index in [0.29, 0.717) is 6.04 Å². The maximum absolute atomic E-state index is 12.7. The summed E-state index contributed by atoms with van der Waals surface area (Å²) in [6.45, 7) is 6.13. The van der Waals surface area contributed by atoms with Gasteiger partial charge in [0.25, 0.3) is 5.91 Å². The lowest BCUT2D eigenvalue weighted by Crippen LogP contribution is -2.44. The molecule has 2 heterocycles. The van der Waals surface area contributed by atoms with E-state index >= 15 is 0 Å². The van der Waals surface area contributed by atoms with E-state index < -0.39 is 0 Å². The highest BCUT2D eigenvalue weighted by Gasteiger charge is 2.24. The van der Waals surface area contributed by atoms with Gasteiger partial charge in [0.05, 0.1) is 11.4 Å². The zero-order valence-corrected chi connectivity index (χ0v) is 15.0. The van der Waals surface area contributed by atoms with E-state index in [1.54, 1.807) is 0 Å². The predicted octanol–water partition coefficient (Wildman–Crippen LogP) is 2.66. The Morgan fingerprint density at radius 3 is 2.33 bits per heavy atom. The number of likely N-dealkylation sites (tertiary alicyclic amines) is 1. The number of hydrogen-bond donors (Lipinski definition) is 0. The Bertz CT molecular complexity index is 711. The summed E-state index contributed by atoms with van der Waals surface area (Å²) in [4.78, 5) is 17.0. The number of aromatic nitrogens is 2. The lowest BCUT2D eigenvalue weighted by atomic mass is 10.0. The van der Waals surface area contributed by atoms with Crippen LogP contribution in [-0.2, 0) is 0 Å². The molecule has 3 rings (SSSR count). The molecule has 0 atom stereocenters. The van der Waals surface area contributed by atoms with Gasteiger partial charge in [-0.1, -0.05) is 0 Å². The molecular formula is C19H26N4O. The summed E-state index contributed by atoms with van der Waals surface area (Å²) >= 11 is 0. The molecule has 128 valence electrons. The second kappa shape index (κ2) is 6.77. The molecule has 5 nitrogen and oxygen atoms in total. The fraction of sp³-hybridized carbons (Fsp3) is 0.474. The van der Waals surface area contributed by atoms with Crippen LogP contribution in [0.5, 0.6) is 0 Å². The van der Waals surface area contributed by atoms with Gasteiger partial charge < -0.3 is 9.80 Å². The number of benzene rings is 1. The second-order valence-corrected chi connectivity index (χ2v) is 6.84. The molecule has 0 radical (unpaired) electrons. The summed E-state index contributed by atoms with van der Waals surface area (Å²) < 4.78 is 1.91. The summed E-state index contributed by atoms with van der Waals surface area (Å²) in [6, 6.07) is 10.1. The molecule has 24 heavy (non-hydrogen) atoms. The Morgan fingerprint density at radius 2 is 1.79 bits per heavy atom. The van der Waals surface area contributed by atoms with Gasteiger partial charge in [0, 0.05) is 24.3 Å². The molecule has 0 unspecified atom stereocenters. The molecular weight excluding hydrogens is 300 g/mol. The van der Waals surface area contributed by atoms with Crippen LogP contribution in [0.15, 0.2) is 30.3 Å². The van der Waals surface area contributed by atoms with Crippen molar-refractivity contribution >= 4 is 5.91 Å². The molecule has 0 spiro atoms. The van der Waals surface area contributed by atoms with E-state index in [1.165, 1.54) is 0 Å². The average Bonchev–Trinajstić information content (AvgIpc) is 2.93. The van der Waals surface area contributed by atoms with Crippen molar-refractivity contribution in [2.75, 3.05) is 27.2 Å². The molecule has 0 bridgehead atoms. The van der Waals surface area contributed by atoms with Crippen LogP contribution in [0.4, 0.5) is 0 Å². The van der Waals surface area contributed by atoms with Gasteiger partial charge in [-0.15, -0.1) is 0 Å². The number of carbonyl (C=O) groups is 1. The fourth-order valence-corrected chi connectivity index (χ4v) is 3.39. The van der Waals surface area contributed by atoms with Gasteiger partial charge in [-0.25, -0.2) is 4.68 Å². The molecule has 1 fully saturated rings. The summed E-state index contributed by atoms with van der Waals surface area (Å²) in [5, 5.41) is 4.49. The highest BCUT2D eigenvalue weighted by atomic mass is 16.2. The Morgan fingerprint density at radius 1 is 1.17 bits per heavy atom. The number of aryl methyl sites for hydroxylation is 2. The molecule has 1 aliphatic rings.